The van der Waals surface area contributed by atoms with Crippen LogP contribution in [0.5, 0.6) is 5.75 Å². The molecule has 36 heavy (non-hydrogen) atoms. The molecule has 0 amide bonds. The molecule has 1 N–H and O–H groups in total. The first-order valence-electron chi connectivity index (χ1n) is 11.3. The van der Waals surface area contributed by atoms with Crippen molar-refractivity contribution in [2.75, 3.05) is 43.6 Å². The second-order valence-electron chi connectivity index (χ2n) is 8.22. The van der Waals surface area contributed by atoms with Gasteiger partial charge >= 0.3 is 0 Å². The van der Waals surface area contributed by atoms with Crippen LogP contribution in [-0.4, -0.2) is 50.7 Å². The van der Waals surface area contributed by atoms with Gasteiger partial charge in [0.05, 0.1) is 30.1 Å². The predicted octanol–water partition coefficient (Wildman–Crippen LogP) is 4.38. The molecule has 0 radical (unpaired) electrons. The molecule has 0 unspecified atom stereocenters. The molecule has 1 saturated heterocycles. The highest BCUT2D eigenvalue weighted by atomic mass is 32.2. The molecule has 11 heteroatoms. The number of methoxy groups -OCH3 is 1. The van der Waals surface area contributed by atoms with Gasteiger partial charge in [-0.15, -0.1) is 0 Å². The van der Waals surface area contributed by atoms with Crippen LogP contribution in [0.4, 0.5) is 22.7 Å². The van der Waals surface area contributed by atoms with E-state index in [0.29, 0.717) is 30.0 Å². The van der Waals surface area contributed by atoms with Crippen molar-refractivity contribution < 1.29 is 22.8 Å². The molecular weight excluding hydrogens is 484 g/mol. The molecule has 0 saturated carbocycles. The van der Waals surface area contributed by atoms with E-state index in [2.05, 4.69) is 10.2 Å². The minimum atomic E-state index is -4.10. The number of hydrogen-bond acceptors (Lipinski definition) is 8. The zero-order chi connectivity index (χ0) is 25.3. The molecule has 0 bridgehead atoms. The van der Waals surface area contributed by atoms with E-state index in [1.165, 1.54) is 43.6 Å². The van der Waals surface area contributed by atoms with E-state index in [1.54, 1.807) is 12.1 Å². The number of nitrogens with zero attached hydrogens (tertiary/aromatic N) is 3. The van der Waals surface area contributed by atoms with Gasteiger partial charge in [-0.05, 0) is 60.7 Å². The van der Waals surface area contributed by atoms with Gasteiger partial charge in [-0.25, -0.2) is 12.4 Å². The SMILES string of the molecule is COc1ccc(S(=O)(=O)n2ccc3c(Nc4ccc(N5CCOCC5)cc4)ccc([N+](=O)[O-])c32)cc1. The number of ether oxygens (including phenoxy) is 2. The van der Waals surface area contributed by atoms with Gasteiger partial charge in [0.1, 0.15) is 11.3 Å². The quantitative estimate of drug-likeness (QED) is 0.289. The molecule has 2 heterocycles. The second kappa shape index (κ2) is 9.51. The summed E-state index contributed by atoms with van der Waals surface area (Å²) in [6, 6.07) is 18.2. The smallest absolute Gasteiger partial charge is 0.294 e. The Balaban J connectivity index is 1.52. The molecule has 1 aliphatic rings. The van der Waals surface area contributed by atoms with Crippen LogP contribution in [0, 0.1) is 10.1 Å². The number of morpholine rings is 1. The number of nitro groups is 1. The first-order chi connectivity index (χ1) is 17.4. The minimum Gasteiger partial charge on any atom is -0.497 e. The first kappa shape index (κ1) is 23.6. The maximum atomic E-state index is 13.4. The van der Waals surface area contributed by atoms with Crippen LogP contribution in [-0.2, 0) is 14.8 Å². The van der Waals surface area contributed by atoms with Gasteiger partial charge < -0.3 is 19.7 Å². The number of nitrogens with one attached hydrogen (secondary N) is 1. The van der Waals surface area contributed by atoms with E-state index in [1.807, 2.05) is 24.3 Å². The lowest BCUT2D eigenvalue weighted by Gasteiger charge is -2.29. The highest BCUT2D eigenvalue weighted by Crippen LogP contribution is 2.36. The highest BCUT2D eigenvalue weighted by Gasteiger charge is 2.26. The Morgan fingerprint density at radius 3 is 2.31 bits per heavy atom. The van der Waals surface area contributed by atoms with E-state index < -0.39 is 14.9 Å². The maximum absolute atomic E-state index is 13.4. The Bertz CT molecular complexity index is 1510. The molecule has 3 aromatic carbocycles. The van der Waals surface area contributed by atoms with E-state index in [-0.39, 0.29) is 16.1 Å². The summed E-state index contributed by atoms with van der Waals surface area (Å²) < 4.78 is 38.3. The molecule has 0 spiro atoms. The van der Waals surface area contributed by atoms with E-state index in [0.717, 1.165) is 28.4 Å². The fraction of sp³-hybridized carbons (Fsp3) is 0.200. The molecule has 1 aliphatic heterocycles. The van der Waals surface area contributed by atoms with Gasteiger partial charge in [0.25, 0.3) is 15.7 Å². The van der Waals surface area contributed by atoms with Crippen LogP contribution >= 0.6 is 0 Å². The molecule has 0 atom stereocenters. The Hall–Kier alpha value is -4.09. The number of rotatable bonds is 7. The van der Waals surface area contributed by atoms with Crippen LogP contribution in [0.15, 0.2) is 77.8 Å². The molecule has 186 valence electrons. The van der Waals surface area contributed by atoms with Crippen molar-refractivity contribution in [1.29, 1.82) is 0 Å². The van der Waals surface area contributed by atoms with Crippen LogP contribution < -0.4 is 15.0 Å². The zero-order valence-electron chi connectivity index (χ0n) is 19.5. The summed E-state index contributed by atoms with van der Waals surface area (Å²) in [5, 5.41) is 15.5. The van der Waals surface area contributed by atoms with Gasteiger partial charge in [0.15, 0.2) is 0 Å². The van der Waals surface area contributed by atoms with Crippen LogP contribution in [0.2, 0.25) is 0 Å². The number of aromatic nitrogens is 1. The third-order valence-electron chi connectivity index (χ3n) is 6.13. The van der Waals surface area contributed by atoms with Gasteiger partial charge in [0.2, 0.25) is 0 Å². The third-order valence-corrected chi connectivity index (χ3v) is 7.82. The normalized spacial score (nSPS) is 14.1. The minimum absolute atomic E-state index is 0.00726. The number of fused-ring (bicyclic) bond motifs is 1. The lowest BCUT2D eigenvalue weighted by molar-refractivity contribution is -0.383. The topological polar surface area (TPSA) is 116 Å². The summed E-state index contributed by atoms with van der Waals surface area (Å²) in [5.41, 5.74) is 2.09. The molecule has 1 fully saturated rings. The highest BCUT2D eigenvalue weighted by molar-refractivity contribution is 7.90. The van der Waals surface area contributed by atoms with Crippen molar-refractivity contribution in [2.45, 2.75) is 4.90 Å². The van der Waals surface area contributed by atoms with Gasteiger partial charge in [-0.3, -0.25) is 10.1 Å². The lowest BCUT2D eigenvalue weighted by atomic mass is 10.1. The first-order valence-corrected chi connectivity index (χ1v) is 12.7. The largest absolute Gasteiger partial charge is 0.497 e. The summed E-state index contributed by atoms with van der Waals surface area (Å²) in [4.78, 5) is 13.5. The fourth-order valence-electron chi connectivity index (χ4n) is 4.26. The zero-order valence-corrected chi connectivity index (χ0v) is 20.3. The Labute approximate surface area is 207 Å². The van der Waals surface area contributed by atoms with Crippen LogP contribution in [0.1, 0.15) is 0 Å². The average Bonchev–Trinajstić information content (AvgIpc) is 3.36. The average molecular weight is 509 g/mol. The van der Waals surface area contributed by atoms with Crippen molar-refractivity contribution >= 4 is 43.7 Å². The molecule has 4 aromatic rings. The number of hydrogen-bond donors (Lipinski definition) is 1. The maximum Gasteiger partial charge on any atom is 0.294 e. The van der Waals surface area contributed by atoms with Gasteiger partial charge in [-0.2, -0.15) is 0 Å². The third kappa shape index (κ3) is 4.34. The monoisotopic (exact) mass is 508 g/mol. The Morgan fingerprint density at radius 2 is 1.67 bits per heavy atom. The van der Waals surface area contributed by atoms with Crippen molar-refractivity contribution in [3.8, 4) is 5.75 Å². The molecule has 1 aromatic heterocycles. The molecule has 0 aliphatic carbocycles. The van der Waals surface area contributed by atoms with Crippen molar-refractivity contribution in [3.05, 3.63) is 83.0 Å². The fourth-order valence-corrected chi connectivity index (χ4v) is 5.62. The molecule has 5 rings (SSSR count). The van der Waals surface area contributed by atoms with E-state index in [9.17, 15) is 18.5 Å². The Morgan fingerprint density at radius 1 is 0.972 bits per heavy atom. The summed E-state index contributed by atoms with van der Waals surface area (Å²) in [6.45, 7) is 3.03. The predicted molar refractivity (Wildman–Crippen MR) is 137 cm³/mol. The number of anilines is 3. The van der Waals surface area contributed by atoms with Crippen molar-refractivity contribution in [1.82, 2.24) is 3.97 Å². The second-order valence-corrected chi connectivity index (χ2v) is 10.0. The summed E-state index contributed by atoms with van der Waals surface area (Å²) in [5.74, 6) is 0.503. The summed E-state index contributed by atoms with van der Waals surface area (Å²) in [6.07, 6.45) is 1.34. The van der Waals surface area contributed by atoms with Crippen molar-refractivity contribution in [3.63, 3.8) is 0 Å². The standard InChI is InChI=1S/C25H24N4O6S/c1-34-20-6-8-21(9-7-20)36(32,33)28-13-12-22-23(10-11-24(25(22)28)29(30)31)26-18-2-4-19(5-3-18)27-14-16-35-17-15-27/h2-13,26H,14-17H2,1H3. The van der Waals surface area contributed by atoms with Crippen LogP contribution in [0.25, 0.3) is 10.9 Å². The number of non-ortho nitro benzene ring substituents is 1. The summed E-state index contributed by atoms with van der Waals surface area (Å²) in [7, 11) is -2.61. The molecular formula is C25H24N4O6S. The summed E-state index contributed by atoms with van der Waals surface area (Å²) >= 11 is 0. The number of benzene rings is 3. The lowest BCUT2D eigenvalue weighted by Crippen LogP contribution is -2.36. The van der Waals surface area contributed by atoms with Gasteiger partial charge in [-0.1, -0.05) is 0 Å². The van der Waals surface area contributed by atoms with E-state index in [4.69, 9.17) is 9.47 Å². The van der Waals surface area contributed by atoms with Crippen LogP contribution in [0.3, 0.4) is 0 Å². The number of nitro benzene ring substituents is 1. The molecule has 10 nitrogen and oxygen atoms in total. The van der Waals surface area contributed by atoms with Gasteiger partial charge in [0, 0.05) is 47.8 Å². The van der Waals surface area contributed by atoms with E-state index >= 15 is 0 Å². The Kier molecular flexibility index (Phi) is 6.25. The van der Waals surface area contributed by atoms with Crippen molar-refractivity contribution in [2.24, 2.45) is 0 Å².